The molecule has 2 aromatic rings. The fourth-order valence-corrected chi connectivity index (χ4v) is 1.97. The Hall–Kier alpha value is -3.08. The number of anilines is 1. The molecule has 1 amide bonds. The first-order valence-corrected chi connectivity index (χ1v) is 6.79. The van der Waals surface area contributed by atoms with Gasteiger partial charge in [-0.15, -0.1) is 0 Å². The Morgan fingerprint density at radius 1 is 1.00 bits per heavy atom. The van der Waals surface area contributed by atoms with Crippen LogP contribution in [0.2, 0.25) is 0 Å². The lowest BCUT2D eigenvalue weighted by atomic mass is 10.2. The van der Waals surface area contributed by atoms with Crippen molar-refractivity contribution in [3.63, 3.8) is 0 Å². The van der Waals surface area contributed by atoms with Crippen LogP contribution in [-0.4, -0.2) is 19.0 Å². The van der Waals surface area contributed by atoms with Crippen molar-refractivity contribution >= 4 is 11.6 Å². The summed E-state index contributed by atoms with van der Waals surface area (Å²) in [4.78, 5) is 11.7. The molecule has 0 aliphatic heterocycles. The van der Waals surface area contributed by atoms with Gasteiger partial charge in [-0.1, -0.05) is 6.07 Å². The van der Waals surface area contributed by atoms with Crippen LogP contribution in [0.5, 0.6) is 0 Å². The highest BCUT2D eigenvalue weighted by Crippen LogP contribution is 2.20. The monoisotopic (exact) mass is 337 g/mol. The number of benzene rings is 2. The predicted molar refractivity (Wildman–Crippen MR) is 78.3 cm³/mol. The number of hydrogen-bond acceptors (Lipinski definition) is 3. The molecule has 2 rings (SSSR count). The van der Waals surface area contributed by atoms with E-state index in [0.717, 1.165) is 30.3 Å². The van der Waals surface area contributed by atoms with Crippen LogP contribution in [0.3, 0.4) is 0 Å². The lowest BCUT2D eigenvalue weighted by Gasteiger charge is -2.10. The van der Waals surface area contributed by atoms with Gasteiger partial charge in [0.2, 0.25) is 0 Å². The first-order valence-electron chi connectivity index (χ1n) is 6.79. The fourth-order valence-electron chi connectivity index (χ4n) is 1.97. The van der Waals surface area contributed by atoms with Crippen molar-refractivity contribution in [1.29, 1.82) is 5.26 Å². The van der Waals surface area contributed by atoms with Gasteiger partial charge in [0.1, 0.15) is 22.9 Å². The Morgan fingerprint density at radius 3 is 2.12 bits per heavy atom. The van der Waals surface area contributed by atoms with Gasteiger partial charge >= 0.3 is 0 Å². The van der Waals surface area contributed by atoms with Gasteiger partial charge in [0.05, 0.1) is 11.6 Å². The molecule has 0 saturated carbocycles. The molecule has 8 heteroatoms. The highest BCUT2D eigenvalue weighted by Gasteiger charge is 2.16. The molecule has 24 heavy (non-hydrogen) atoms. The molecule has 0 aromatic heterocycles. The Bertz CT molecular complexity index is 774. The highest BCUT2D eigenvalue weighted by molar-refractivity contribution is 5.94. The topological polar surface area (TPSA) is 64.9 Å². The largest absolute Gasteiger partial charge is 0.379 e. The number of carbonyl (C=O) groups excluding carboxylic acids is 1. The number of carbonyl (C=O) groups is 1. The minimum atomic E-state index is -1.01. The van der Waals surface area contributed by atoms with Crippen LogP contribution >= 0.6 is 0 Å². The quantitative estimate of drug-likeness (QED) is 0.651. The van der Waals surface area contributed by atoms with Crippen molar-refractivity contribution in [2.45, 2.75) is 0 Å². The Morgan fingerprint density at radius 2 is 1.58 bits per heavy atom. The maximum absolute atomic E-state index is 13.6. The van der Waals surface area contributed by atoms with Crippen LogP contribution in [0.1, 0.15) is 15.9 Å². The van der Waals surface area contributed by atoms with Crippen LogP contribution in [-0.2, 0) is 0 Å². The second kappa shape index (κ2) is 7.46. The molecular formula is C16H11F4N3O. The number of nitrogens with zero attached hydrogens (tertiary/aromatic N) is 1. The zero-order chi connectivity index (χ0) is 17.7. The first kappa shape index (κ1) is 17.3. The third kappa shape index (κ3) is 3.81. The van der Waals surface area contributed by atoms with Crippen molar-refractivity contribution in [1.82, 2.24) is 5.32 Å². The Kier molecular flexibility index (Phi) is 5.37. The number of nitrogens with one attached hydrogen (secondary N) is 2. The number of halogens is 4. The number of rotatable bonds is 5. The van der Waals surface area contributed by atoms with Gasteiger partial charge in [0, 0.05) is 13.1 Å². The van der Waals surface area contributed by atoms with Crippen molar-refractivity contribution in [3.05, 3.63) is 64.7 Å². The molecule has 2 N–H and O–H groups in total. The number of amides is 1. The Labute approximate surface area is 134 Å². The van der Waals surface area contributed by atoms with Gasteiger partial charge in [-0.3, -0.25) is 4.79 Å². The second-order valence-electron chi connectivity index (χ2n) is 4.71. The first-order chi connectivity index (χ1) is 11.4. The van der Waals surface area contributed by atoms with Gasteiger partial charge in [-0.25, -0.2) is 17.6 Å². The molecule has 0 aliphatic carbocycles. The standard InChI is InChI=1S/C16H11F4N3O/c17-10-2-1-3-11(18)14(10)16(24)23-5-4-22-15-12(19)6-9(8-21)7-13(15)20/h1-3,6-7,22H,4-5H2,(H,23,24). The van der Waals surface area contributed by atoms with Crippen LogP contribution in [0.15, 0.2) is 30.3 Å². The van der Waals surface area contributed by atoms with E-state index in [1.165, 1.54) is 0 Å². The SMILES string of the molecule is N#Cc1cc(F)c(NCCNC(=O)c2c(F)cccc2F)c(F)c1. The zero-order valence-electron chi connectivity index (χ0n) is 12.2. The fraction of sp³-hybridized carbons (Fsp3) is 0.125. The maximum atomic E-state index is 13.6. The average Bonchev–Trinajstić information content (AvgIpc) is 2.53. The lowest BCUT2D eigenvalue weighted by molar-refractivity contribution is 0.0947. The minimum absolute atomic E-state index is 0.0957. The second-order valence-corrected chi connectivity index (χ2v) is 4.71. The van der Waals surface area contributed by atoms with E-state index < -0.39 is 40.4 Å². The molecule has 2 aromatic carbocycles. The molecule has 0 saturated heterocycles. The molecule has 0 heterocycles. The molecule has 0 radical (unpaired) electrons. The smallest absolute Gasteiger partial charge is 0.257 e. The summed E-state index contributed by atoms with van der Waals surface area (Å²) in [6.45, 7) is -0.229. The zero-order valence-corrected chi connectivity index (χ0v) is 12.2. The molecule has 0 aliphatic rings. The van der Waals surface area contributed by atoms with E-state index >= 15 is 0 Å². The van der Waals surface area contributed by atoms with E-state index in [2.05, 4.69) is 10.6 Å². The van der Waals surface area contributed by atoms with Crippen LogP contribution < -0.4 is 10.6 Å². The molecular weight excluding hydrogens is 326 g/mol. The van der Waals surface area contributed by atoms with Crippen LogP contribution in [0.4, 0.5) is 23.2 Å². The van der Waals surface area contributed by atoms with Crippen LogP contribution in [0.25, 0.3) is 0 Å². The van der Waals surface area contributed by atoms with E-state index in [1.807, 2.05) is 0 Å². The minimum Gasteiger partial charge on any atom is -0.379 e. The van der Waals surface area contributed by atoms with Gasteiger partial charge in [-0.05, 0) is 24.3 Å². The normalized spacial score (nSPS) is 10.1. The van der Waals surface area contributed by atoms with Gasteiger partial charge in [-0.2, -0.15) is 5.26 Å². The predicted octanol–water partition coefficient (Wildman–Crippen LogP) is 2.96. The van der Waals surface area contributed by atoms with Crippen molar-refractivity contribution < 1.29 is 22.4 Å². The van der Waals surface area contributed by atoms with E-state index in [1.54, 1.807) is 6.07 Å². The molecule has 0 spiro atoms. The number of hydrogen-bond donors (Lipinski definition) is 2. The summed E-state index contributed by atoms with van der Waals surface area (Å²) in [7, 11) is 0. The summed E-state index contributed by atoms with van der Waals surface area (Å²) >= 11 is 0. The summed E-state index contributed by atoms with van der Waals surface area (Å²) in [5, 5.41) is 13.2. The summed E-state index contributed by atoms with van der Waals surface area (Å²) < 4.78 is 54.0. The average molecular weight is 337 g/mol. The Balaban J connectivity index is 1.94. The van der Waals surface area contributed by atoms with E-state index in [0.29, 0.717) is 0 Å². The maximum Gasteiger partial charge on any atom is 0.257 e. The summed E-state index contributed by atoms with van der Waals surface area (Å²) in [6, 6.07) is 6.34. The van der Waals surface area contributed by atoms with Crippen molar-refractivity contribution in [2.75, 3.05) is 18.4 Å². The van der Waals surface area contributed by atoms with Crippen molar-refractivity contribution in [3.8, 4) is 6.07 Å². The summed E-state index contributed by atoms with van der Waals surface area (Å²) in [6.07, 6.45) is 0. The highest BCUT2D eigenvalue weighted by atomic mass is 19.1. The molecule has 0 fully saturated rings. The molecule has 0 atom stereocenters. The number of nitriles is 1. The van der Waals surface area contributed by atoms with Crippen molar-refractivity contribution in [2.24, 2.45) is 0 Å². The van der Waals surface area contributed by atoms with E-state index in [9.17, 15) is 22.4 Å². The molecule has 4 nitrogen and oxygen atoms in total. The molecule has 0 unspecified atom stereocenters. The van der Waals surface area contributed by atoms with Crippen LogP contribution in [0, 0.1) is 34.6 Å². The summed E-state index contributed by atoms with van der Waals surface area (Å²) in [5.74, 6) is -4.92. The lowest BCUT2D eigenvalue weighted by Crippen LogP contribution is -2.30. The third-order valence-corrected chi connectivity index (χ3v) is 3.07. The third-order valence-electron chi connectivity index (χ3n) is 3.07. The van der Waals surface area contributed by atoms with Gasteiger partial charge in [0.25, 0.3) is 5.91 Å². The van der Waals surface area contributed by atoms with E-state index in [-0.39, 0.29) is 18.7 Å². The molecule has 0 bridgehead atoms. The molecule has 124 valence electrons. The van der Waals surface area contributed by atoms with E-state index in [4.69, 9.17) is 5.26 Å². The van der Waals surface area contributed by atoms with Gasteiger partial charge < -0.3 is 10.6 Å². The van der Waals surface area contributed by atoms with Gasteiger partial charge in [0.15, 0.2) is 11.6 Å². The summed E-state index contributed by atoms with van der Waals surface area (Å²) in [5.41, 5.74) is -1.35.